The molecule has 0 saturated carbocycles. The number of rotatable bonds is 2. The molecule has 0 saturated heterocycles. The highest BCUT2D eigenvalue weighted by Gasteiger charge is 2.25. The summed E-state index contributed by atoms with van der Waals surface area (Å²) in [6.07, 6.45) is 0. The van der Waals surface area contributed by atoms with Gasteiger partial charge >= 0.3 is 0 Å². The molecule has 0 aliphatic rings. The molecule has 0 fully saturated rings. The summed E-state index contributed by atoms with van der Waals surface area (Å²) >= 11 is 0. The molecular weight excluding hydrogens is 220 g/mol. The quantitative estimate of drug-likeness (QED) is 0.657. The molecule has 0 spiro atoms. The Bertz CT molecular complexity index is 713. The number of hydrogen-bond donors (Lipinski definition) is 0. The van der Waals surface area contributed by atoms with E-state index in [0.29, 0.717) is 0 Å². The van der Waals surface area contributed by atoms with Gasteiger partial charge in [0.2, 0.25) is 0 Å². The number of aryl methyl sites for hydroxylation is 2. The third-order valence-electron chi connectivity index (χ3n) is 3.37. The zero-order valence-electron chi connectivity index (χ0n) is 10.5. The maximum absolute atomic E-state index is 12.0. The molecule has 0 aliphatic carbocycles. The van der Waals surface area contributed by atoms with E-state index in [0.717, 1.165) is 27.8 Å². The fourth-order valence-electron chi connectivity index (χ4n) is 2.31. The molecule has 18 heavy (non-hydrogen) atoms. The van der Waals surface area contributed by atoms with E-state index in [2.05, 4.69) is 32.0 Å². The molecule has 0 heterocycles. The second kappa shape index (κ2) is 3.95. The second-order valence-electron chi connectivity index (χ2n) is 4.76. The van der Waals surface area contributed by atoms with E-state index in [-0.39, 0.29) is 5.43 Å². The summed E-state index contributed by atoms with van der Waals surface area (Å²) in [7, 11) is 0. The minimum atomic E-state index is 0.190. The molecule has 0 atom stereocenters. The van der Waals surface area contributed by atoms with Crippen molar-refractivity contribution in [3.63, 3.8) is 0 Å². The van der Waals surface area contributed by atoms with Crippen molar-refractivity contribution in [2.75, 3.05) is 0 Å². The molecule has 0 amide bonds. The van der Waals surface area contributed by atoms with Crippen molar-refractivity contribution in [1.82, 2.24) is 0 Å². The van der Waals surface area contributed by atoms with Crippen LogP contribution in [0.2, 0.25) is 0 Å². The molecule has 0 radical (unpaired) electrons. The van der Waals surface area contributed by atoms with Crippen molar-refractivity contribution in [3.05, 3.63) is 69.9 Å². The van der Waals surface area contributed by atoms with Crippen LogP contribution in [0.25, 0.3) is 22.3 Å². The lowest BCUT2D eigenvalue weighted by Crippen LogP contribution is -1.83. The van der Waals surface area contributed by atoms with Crippen LogP contribution in [0.15, 0.2) is 53.3 Å². The van der Waals surface area contributed by atoms with Gasteiger partial charge in [-0.1, -0.05) is 54.1 Å². The second-order valence-corrected chi connectivity index (χ2v) is 4.76. The van der Waals surface area contributed by atoms with Crippen molar-refractivity contribution in [2.45, 2.75) is 13.8 Å². The van der Waals surface area contributed by atoms with E-state index in [4.69, 9.17) is 0 Å². The molecule has 0 unspecified atom stereocenters. The van der Waals surface area contributed by atoms with Gasteiger partial charge < -0.3 is 0 Å². The topological polar surface area (TPSA) is 17.1 Å². The average Bonchev–Trinajstić information content (AvgIpc) is 3.05. The number of hydrogen-bond acceptors (Lipinski definition) is 1. The zero-order valence-corrected chi connectivity index (χ0v) is 10.5. The summed E-state index contributed by atoms with van der Waals surface area (Å²) in [4.78, 5) is 12.0. The first-order valence-corrected chi connectivity index (χ1v) is 6.10. The van der Waals surface area contributed by atoms with Gasteiger partial charge in [0.1, 0.15) is 0 Å². The fraction of sp³-hybridized carbons (Fsp3) is 0.118. The van der Waals surface area contributed by atoms with Crippen LogP contribution >= 0.6 is 0 Å². The van der Waals surface area contributed by atoms with Crippen molar-refractivity contribution < 1.29 is 0 Å². The van der Waals surface area contributed by atoms with E-state index < -0.39 is 0 Å². The van der Waals surface area contributed by atoms with Gasteiger partial charge in [0, 0.05) is 11.1 Å². The van der Waals surface area contributed by atoms with Gasteiger partial charge in [-0.05, 0) is 30.5 Å². The SMILES string of the molecule is Cc1ccc(C)c(-c2c(-c3ccccc3)c2=O)c1. The highest BCUT2D eigenvalue weighted by atomic mass is 16.1. The molecule has 1 heteroatoms. The lowest BCUT2D eigenvalue weighted by atomic mass is 10.0. The lowest BCUT2D eigenvalue weighted by Gasteiger charge is -2.01. The Hall–Kier alpha value is -2.15. The average molecular weight is 234 g/mol. The van der Waals surface area contributed by atoms with Gasteiger partial charge in [0.05, 0.1) is 0 Å². The summed E-state index contributed by atoms with van der Waals surface area (Å²) in [6.45, 7) is 4.11. The highest BCUT2D eigenvalue weighted by Crippen LogP contribution is 2.36. The summed E-state index contributed by atoms with van der Waals surface area (Å²) in [5, 5.41) is 0. The predicted octanol–water partition coefficient (Wildman–Crippen LogP) is 3.87. The van der Waals surface area contributed by atoms with Crippen LogP contribution in [0.3, 0.4) is 0 Å². The summed E-state index contributed by atoms with van der Waals surface area (Å²) < 4.78 is 0. The first-order chi connectivity index (χ1) is 8.68. The Labute approximate surface area is 106 Å². The molecule has 3 rings (SSSR count). The smallest absolute Gasteiger partial charge is 0.195 e. The van der Waals surface area contributed by atoms with E-state index in [1.165, 1.54) is 5.56 Å². The van der Waals surface area contributed by atoms with Gasteiger partial charge in [-0.3, -0.25) is 4.79 Å². The Morgan fingerprint density at radius 2 is 1.56 bits per heavy atom. The van der Waals surface area contributed by atoms with Crippen molar-refractivity contribution in [1.29, 1.82) is 0 Å². The van der Waals surface area contributed by atoms with Crippen LogP contribution in [0, 0.1) is 13.8 Å². The Kier molecular flexibility index (Phi) is 2.41. The van der Waals surface area contributed by atoms with Crippen LogP contribution in [0.4, 0.5) is 0 Å². The summed E-state index contributed by atoms with van der Waals surface area (Å²) in [5.74, 6) is 0. The van der Waals surface area contributed by atoms with Crippen molar-refractivity contribution in [3.8, 4) is 22.3 Å². The molecule has 0 N–H and O–H groups in total. The molecular formula is C17H14O. The van der Waals surface area contributed by atoms with E-state index >= 15 is 0 Å². The van der Waals surface area contributed by atoms with Gasteiger partial charge in [-0.2, -0.15) is 0 Å². The van der Waals surface area contributed by atoms with Gasteiger partial charge in [-0.25, -0.2) is 0 Å². The maximum atomic E-state index is 12.0. The van der Waals surface area contributed by atoms with E-state index in [1.807, 2.05) is 30.3 Å². The maximum Gasteiger partial charge on any atom is 0.195 e. The molecule has 3 aromatic rings. The third kappa shape index (κ3) is 1.68. The normalized spacial score (nSPS) is 11.0. The fourth-order valence-corrected chi connectivity index (χ4v) is 2.31. The molecule has 0 bridgehead atoms. The standard InChI is InChI=1S/C17H14O/c1-11-8-9-12(2)14(10-11)16-15(17(16)18)13-6-4-3-5-7-13/h3-10H,1-2H3. The van der Waals surface area contributed by atoms with Gasteiger partial charge in [0.25, 0.3) is 0 Å². The Morgan fingerprint density at radius 1 is 0.833 bits per heavy atom. The zero-order chi connectivity index (χ0) is 12.7. The van der Waals surface area contributed by atoms with E-state index in [1.54, 1.807) is 0 Å². The van der Waals surface area contributed by atoms with E-state index in [9.17, 15) is 4.79 Å². The molecule has 0 aromatic heterocycles. The van der Waals surface area contributed by atoms with Gasteiger partial charge in [0.15, 0.2) is 5.43 Å². The van der Waals surface area contributed by atoms with Crippen molar-refractivity contribution >= 4 is 0 Å². The summed E-state index contributed by atoms with van der Waals surface area (Å²) in [5.41, 5.74) is 6.42. The largest absolute Gasteiger partial charge is 0.289 e. The van der Waals surface area contributed by atoms with Crippen LogP contribution in [-0.4, -0.2) is 0 Å². The Morgan fingerprint density at radius 3 is 2.28 bits per heavy atom. The Balaban J connectivity index is 2.11. The molecule has 1 nitrogen and oxygen atoms in total. The van der Waals surface area contributed by atoms with Crippen molar-refractivity contribution in [2.24, 2.45) is 0 Å². The van der Waals surface area contributed by atoms with Crippen LogP contribution in [0.5, 0.6) is 0 Å². The van der Waals surface area contributed by atoms with Gasteiger partial charge in [-0.15, -0.1) is 0 Å². The molecule has 88 valence electrons. The highest BCUT2D eigenvalue weighted by molar-refractivity contribution is 5.95. The van der Waals surface area contributed by atoms with Crippen LogP contribution < -0.4 is 5.43 Å². The van der Waals surface area contributed by atoms with Crippen LogP contribution in [0.1, 0.15) is 11.1 Å². The summed E-state index contributed by atoms with van der Waals surface area (Å²) in [6, 6.07) is 16.1. The first kappa shape index (κ1) is 11.0. The lowest BCUT2D eigenvalue weighted by molar-refractivity contribution is 1.40. The monoisotopic (exact) mass is 234 g/mol. The molecule has 0 aliphatic heterocycles. The number of benzene rings is 2. The molecule has 3 aromatic carbocycles. The first-order valence-electron chi connectivity index (χ1n) is 6.10. The third-order valence-corrected chi connectivity index (χ3v) is 3.37. The predicted molar refractivity (Wildman–Crippen MR) is 75.4 cm³/mol. The minimum absolute atomic E-state index is 0.190. The van der Waals surface area contributed by atoms with Crippen LogP contribution in [-0.2, 0) is 0 Å². The minimum Gasteiger partial charge on any atom is -0.289 e.